The number of hydrogen-bond acceptors (Lipinski definition) is 4. The molecule has 0 atom stereocenters. The molecule has 0 radical (unpaired) electrons. The molecule has 6 heteroatoms. The summed E-state index contributed by atoms with van der Waals surface area (Å²) in [5.41, 5.74) is 6.98. The molecule has 3 rings (SSSR count). The van der Waals surface area contributed by atoms with Crippen LogP contribution in [0.15, 0.2) is 18.2 Å². The second-order valence-corrected chi connectivity index (χ2v) is 6.28. The van der Waals surface area contributed by atoms with E-state index >= 15 is 0 Å². The first-order valence-electron chi connectivity index (χ1n) is 7.65. The lowest BCUT2D eigenvalue weighted by Crippen LogP contribution is -2.36. The van der Waals surface area contributed by atoms with Gasteiger partial charge in [0.2, 0.25) is 0 Å². The van der Waals surface area contributed by atoms with E-state index in [-0.39, 0.29) is 0 Å². The van der Waals surface area contributed by atoms with Crippen LogP contribution >= 0.6 is 11.6 Å². The number of hydrogen-bond donors (Lipinski definition) is 1. The van der Waals surface area contributed by atoms with Gasteiger partial charge in [-0.15, -0.1) is 10.2 Å². The second kappa shape index (κ2) is 6.26. The molecule has 1 fully saturated rings. The van der Waals surface area contributed by atoms with Crippen molar-refractivity contribution < 1.29 is 4.74 Å². The first kappa shape index (κ1) is 15.3. The molecule has 0 bridgehead atoms. The number of nitrogens with zero attached hydrogens (tertiary/aromatic N) is 3. The van der Waals surface area contributed by atoms with E-state index in [0.29, 0.717) is 29.3 Å². The first-order valence-corrected chi connectivity index (χ1v) is 8.02. The van der Waals surface area contributed by atoms with Crippen molar-refractivity contribution in [2.24, 2.45) is 5.73 Å². The first-order chi connectivity index (χ1) is 10.6. The van der Waals surface area contributed by atoms with E-state index in [1.54, 1.807) is 0 Å². The van der Waals surface area contributed by atoms with Crippen LogP contribution in [0.5, 0.6) is 5.75 Å². The molecule has 0 spiro atoms. The van der Waals surface area contributed by atoms with Gasteiger partial charge in [-0.05, 0) is 44.4 Å². The van der Waals surface area contributed by atoms with Crippen molar-refractivity contribution >= 4 is 11.6 Å². The Morgan fingerprint density at radius 1 is 1.36 bits per heavy atom. The van der Waals surface area contributed by atoms with Gasteiger partial charge in [-0.25, -0.2) is 0 Å². The SMILES string of the molecule is CCn1c(COc2cc(C)ccc2Cl)nnc1C1CC(N)C1. The van der Waals surface area contributed by atoms with E-state index in [1.807, 2.05) is 25.1 Å². The molecule has 2 aromatic rings. The highest BCUT2D eigenvalue weighted by atomic mass is 35.5. The van der Waals surface area contributed by atoms with Gasteiger partial charge in [0.1, 0.15) is 18.2 Å². The summed E-state index contributed by atoms with van der Waals surface area (Å²) >= 11 is 6.16. The molecule has 1 heterocycles. The molecule has 1 aromatic carbocycles. The predicted octanol–water partition coefficient (Wildman–Crippen LogP) is 3.04. The molecule has 2 N–H and O–H groups in total. The van der Waals surface area contributed by atoms with Crippen molar-refractivity contribution in [3.8, 4) is 5.75 Å². The highest BCUT2D eigenvalue weighted by molar-refractivity contribution is 6.32. The fraction of sp³-hybridized carbons (Fsp3) is 0.500. The lowest BCUT2D eigenvalue weighted by molar-refractivity contribution is 0.285. The van der Waals surface area contributed by atoms with E-state index in [0.717, 1.165) is 36.6 Å². The Balaban J connectivity index is 1.74. The zero-order valence-electron chi connectivity index (χ0n) is 12.9. The van der Waals surface area contributed by atoms with Crippen LogP contribution in [0.3, 0.4) is 0 Å². The van der Waals surface area contributed by atoms with E-state index in [9.17, 15) is 0 Å². The molecule has 1 saturated carbocycles. The van der Waals surface area contributed by atoms with Crippen LogP contribution in [-0.2, 0) is 13.2 Å². The number of aryl methyl sites for hydroxylation is 1. The van der Waals surface area contributed by atoms with Gasteiger partial charge >= 0.3 is 0 Å². The summed E-state index contributed by atoms with van der Waals surface area (Å²) in [6.07, 6.45) is 1.98. The summed E-state index contributed by atoms with van der Waals surface area (Å²) in [4.78, 5) is 0. The van der Waals surface area contributed by atoms with Crippen molar-refractivity contribution in [3.05, 3.63) is 40.4 Å². The lowest BCUT2D eigenvalue weighted by atomic mass is 9.80. The van der Waals surface area contributed by atoms with Crippen LogP contribution in [0.25, 0.3) is 0 Å². The number of ether oxygens (including phenoxy) is 1. The Labute approximate surface area is 135 Å². The minimum absolute atomic E-state index is 0.304. The van der Waals surface area contributed by atoms with Crippen molar-refractivity contribution in [1.29, 1.82) is 0 Å². The molecular weight excluding hydrogens is 300 g/mol. The molecule has 1 aliphatic carbocycles. The zero-order valence-corrected chi connectivity index (χ0v) is 13.7. The summed E-state index contributed by atoms with van der Waals surface area (Å²) in [5, 5.41) is 9.24. The molecule has 0 saturated heterocycles. The van der Waals surface area contributed by atoms with Crippen molar-refractivity contribution in [2.45, 2.75) is 51.8 Å². The average Bonchev–Trinajstić information content (AvgIpc) is 2.87. The van der Waals surface area contributed by atoms with Gasteiger partial charge in [0.15, 0.2) is 5.82 Å². The standard InChI is InChI=1S/C16H21ClN4O/c1-3-21-15(19-20-16(21)11-7-12(18)8-11)9-22-14-6-10(2)4-5-13(14)17/h4-6,11-12H,3,7-9,18H2,1-2H3. The van der Waals surface area contributed by atoms with Crippen LogP contribution in [0.2, 0.25) is 5.02 Å². The number of benzene rings is 1. The van der Waals surface area contributed by atoms with Gasteiger partial charge in [0.25, 0.3) is 0 Å². The van der Waals surface area contributed by atoms with E-state index in [2.05, 4.69) is 21.7 Å². The van der Waals surface area contributed by atoms with Gasteiger partial charge in [0.05, 0.1) is 5.02 Å². The summed E-state index contributed by atoms with van der Waals surface area (Å²) in [5.74, 6) is 2.96. The van der Waals surface area contributed by atoms with Crippen LogP contribution in [-0.4, -0.2) is 20.8 Å². The molecule has 5 nitrogen and oxygen atoms in total. The third-order valence-electron chi connectivity index (χ3n) is 4.16. The minimum atomic E-state index is 0.304. The third kappa shape index (κ3) is 2.96. The maximum Gasteiger partial charge on any atom is 0.171 e. The Bertz CT molecular complexity index is 664. The smallest absolute Gasteiger partial charge is 0.171 e. The van der Waals surface area contributed by atoms with E-state index in [4.69, 9.17) is 22.1 Å². The molecule has 0 aliphatic heterocycles. The topological polar surface area (TPSA) is 66.0 Å². The average molecular weight is 321 g/mol. The molecular formula is C16H21ClN4O. The number of aromatic nitrogens is 3. The van der Waals surface area contributed by atoms with Crippen LogP contribution < -0.4 is 10.5 Å². The third-order valence-corrected chi connectivity index (χ3v) is 4.47. The quantitative estimate of drug-likeness (QED) is 0.919. The van der Waals surface area contributed by atoms with E-state index < -0.39 is 0 Å². The van der Waals surface area contributed by atoms with Gasteiger partial charge in [0, 0.05) is 18.5 Å². The summed E-state index contributed by atoms with van der Waals surface area (Å²) in [6, 6.07) is 6.04. The molecule has 1 aromatic heterocycles. The monoisotopic (exact) mass is 320 g/mol. The van der Waals surface area contributed by atoms with E-state index in [1.165, 1.54) is 0 Å². The normalized spacial score (nSPS) is 20.7. The van der Waals surface area contributed by atoms with Gasteiger partial charge in [-0.2, -0.15) is 0 Å². The maximum absolute atomic E-state index is 6.16. The van der Waals surface area contributed by atoms with Crippen molar-refractivity contribution in [2.75, 3.05) is 0 Å². The van der Waals surface area contributed by atoms with Crippen LogP contribution in [0, 0.1) is 6.92 Å². The Kier molecular flexibility index (Phi) is 4.36. The largest absolute Gasteiger partial charge is 0.484 e. The fourth-order valence-corrected chi connectivity index (χ4v) is 3.01. The van der Waals surface area contributed by atoms with Crippen molar-refractivity contribution in [1.82, 2.24) is 14.8 Å². The Hall–Kier alpha value is -1.59. The lowest BCUT2D eigenvalue weighted by Gasteiger charge is -2.31. The molecule has 118 valence electrons. The van der Waals surface area contributed by atoms with Gasteiger partial charge in [-0.3, -0.25) is 0 Å². The summed E-state index contributed by atoms with van der Waals surface area (Å²) < 4.78 is 7.96. The summed E-state index contributed by atoms with van der Waals surface area (Å²) in [7, 11) is 0. The second-order valence-electron chi connectivity index (χ2n) is 5.87. The predicted molar refractivity (Wildman–Crippen MR) is 86.2 cm³/mol. The number of halogens is 1. The summed E-state index contributed by atoms with van der Waals surface area (Å²) in [6.45, 7) is 5.29. The van der Waals surface area contributed by atoms with Crippen LogP contribution in [0.4, 0.5) is 0 Å². The maximum atomic E-state index is 6.16. The van der Waals surface area contributed by atoms with Gasteiger partial charge in [-0.1, -0.05) is 17.7 Å². The number of nitrogens with two attached hydrogens (primary N) is 1. The molecule has 0 amide bonds. The Morgan fingerprint density at radius 3 is 2.82 bits per heavy atom. The highest BCUT2D eigenvalue weighted by Gasteiger charge is 2.32. The molecule has 22 heavy (non-hydrogen) atoms. The fourth-order valence-electron chi connectivity index (χ4n) is 2.84. The van der Waals surface area contributed by atoms with Crippen LogP contribution in [0.1, 0.15) is 42.9 Å². The molecule has 1 aliphatic rings. The minimum Gasteiger partial charge on any atom is -0.484 e. The van der Waals surface area contributed by atoms with Crippen molar-refractivity contribution in [3.63, 3.8) is 0 Å². The molecule has 0 unspecified atom stereocenters. The highest BCUT2D eigenvalue weighted by Crippen LogP contribution is 2.35. The van der Waals surface area contributed by atoms with Gasteiger partial charge < -0.3 is 15.0 Å². The Morgan fingerprint density at radius 2 is 2.14 bits per heavy atom. The number of rotatable bonds is 5. The zero-order chi connectivity index (χ0) is 15.7.